The Morgan fingerprint density at radius 3 is 2.21 bits per heavy atom. The summed E-state index contributed by atoms with van der Waals surface area (Å²) in [5.74, 6) is -1.72. The number of amides is 2. The fraction of sp³-hybridized carbons (Fsp3) is 0.318. The molecule has 1 aliphatic heterocycles. The van der Waals surface area contributed by atoms with Crippen molar-refractivity contribution >= 4 is 29.4 Å². The van der Waals surface area contributed by atoms with Crippen LogP contribution in [-0.2, 0) is 16.1 Å². The molecule has 2 aliphatic rings. The van der Waals surface area contributed by atoms with Crippen LogP contribution >= 0.6 is 11.6 Å². The van der Waals surface area contributed by atoms with Crippen LogP contribution in [0, 0.1) is 5.41 Å². The smallest absolute Gasteiger partial charge is 0.329 e. The van der Waals surface area contributed by atoms with Crippen LogP contribution in [0.3, 0.4) is 0 Å². The lowest BCUT2D eigenvalue weighted by Crippen LogP contribution is -2.43. The van der Waals surface area contributed by atoms with E-state index in [0.717, 1.165) is 24.8 Å². The largest absolute Gasteiger partial charge is 0.339 e. The normalized spacial score (nSPS) is 18.1. The highest BCUT2D eigenvalue weighted by molar-refractivity contribution is 6.30. The van der Waals surface area contributed by atoms with Gasteiger partial charge in [-0.3, -0.25) is 9.59 Å². The maximum atomic E-state index is 13.2. The van der Waals surface area contributed by atoms with Crippen molar-refractivity contribution in [3.8, 4) is 0 Å². The van der Waals surface area contributed by atoms with Gasteiger partial charge in [0.2, 0.25) is 0 Å². The van der Waals surface area contributed by atoms with Crippen LogP contribution in [0.4, 0.5) is 0 Å². The van der Waals surface area contributed by atoms with Gasteiger partial charge in [0.1, 0.15) is 0 Å². The first-order valence-electron chi connectivity index (χ1n) is 9.45. The van der Waals surface area contributed by atoms with Crippen LogP contribution in [0.15, 0.2) is 48.5 Å². The lowest BCUT2D eigenvalue weighted by molar-refractivity contribution is -0.183. The van der Waals surface area contributed by atoms with Gasteiger partial charge in [0.05, 0.1) is 16.5 Å². The minimum absolute atomic E-state index is 0.257. The molecule has 2 aromatic rings. The second kappa shape index (κ2) is 7.40. The SMILES string of the molecule is O=C1c2ccccc2C(=O)N1OC(=O)C1(Cc2cccc(Cl)c2)CCCCC1. The summed E-state index contributed by atoms with van der Waals surface area (Å²) in [5, 5.41) is 1.22. The Labute approximate surface area is 168 Å². The van der Waals surface area contributed by atoms with E-state index in [1.165, 1.54) is 0 Å². The molecule has 1 heterocycles. The van der Waals surface area contributed by atoms with Gasteiger partial charge in [-0.2, -0.15) is 0 Å². The monoisotopic (exact) mass is 397 g/mol. The van der Waals surface area contributed by atoms with Gasteiger partial charge in [-0.1, -0.05) is 60.2 Å². The van der Waals surface area contributed by atoms with Gasteiger partial charge in [0, 0.05) is 5.02 Å². The van der Waals surface area contributed by atoms with Crippen molar-refractivity contribution in [2.75, 3.05) is 0 Å². The third-order valence-corrected chi connectivity index (χ3v) is 5.84. The molecule has 28 heavy (non-hydrogen) atoms. The Morgan fingerprint density at radius 2 is 1.61 bits per heavy atom. The molecule has 2 aromatic carbocycles. The zero-order valence-electron chi connectivity index (χ0n) is 15.3. The van der Waals surface area contributed by atoms with Gasteiger partial charge in [-0.15, -0.1) is 0 Å². The van der Waals surface area contributed by atoms with Gasteiger partial charge < -0.3 is 4.84 Å². The molecule has 0 atom stereocenters. The summed E-state index contributed by atoms with van der Waals surface area (Å²) in [5.41, 5.74) is 0.688. The number of hydrogen-bond acceptors (Lipinski definition) is 4. The van der Waals surface area contributed by atoms with Crippen LogP contribution in [0.1, 0.15) is 58.4 Å². The molecule has 5 nitrogen and oxygen atoms in total. The zero-order valence-corrected chi connectivity index (χ0v) is 16.1. The number of halogens is 1. The molecule has 1 fully saturated rings. The average Bonchev–Trinajstić information content (AvgIpc) is 2.94. The Balaban J connectivity index is 1.59. The maximum absolute atomic E-state index is 13.2. The molecule has 0 bridgehead atoms. The molecule has 0 unspecified atom stereocenters. The quantitative estimate of drug-likeness (QED) is 0.708. The van der Waals surface area contributed by atoms with Crippen LogP contribution in [0.5, 0.6) is 0 Å². The Morgan fingerprint density at radius 1 is 0.964 bits per heavy atom. The molecule has 4 rings (SSSR count). The van der Waals surface area contributed by atoms with Crippen LogP contribution in [0.2, 0.25) is 5.02 Å². The molecule has 6 heteroatoms. The number of carbonyl (C=O) groups excluding carboxylic acids is 3. The summed E-state index contributed by atoms with van der Waals surface area (Å²) in [6.07, 6.45) is 4.63. The third-order valence-electron chi connectivity index (χ3n) is 5.61. The summed E-state index contributed by atoms with van der Waals surface area (Å²) < 4.78 is 0. The standard InChI is InChI=1S/C22H20ClNO4/c23-16-8-6-7-15(13-16)14-22(11-4-1-5-12-22)21(27)28-24-19(25)17-9-2-3-10-18(17)20(24)26/h2-3,6-10,13H,1,4-5,11-12,14H2. The Bertz CT molecular complexity index is 914. The first-order chi connectivity index (χ1) is 13.5. The van der Waals surface area contributed by atoms with Crippen molar-refractivity contribution in [1.29, 1.82) is 0 Å². The van der Waals surface area contributed by atoms with E-state index in [1.54, 1.807) is 30.3 Å². The maximum Gasteiger partial charge on any atom is 0.339 e. The minimum atomic E-state index is -0.766. The van der Waals surface area contributed by atoms with E-state index in [9.17, 15) is 14.4 Å². The molecular weight excluding hydrogens is 378 g/mol. The van der Waals surface area contributed by atoms with Gasteiger partial charge in [0.15, 0.2) is 0 Å². The van der Waals surface area contributed by atoms with E-state index in [2.05, 4.69) is 0 Å². The van der Waals surface area contributed by atoms with Crippen molar-refractivity contribution in [1.82, 2.24) is 5.06 Å². The summed E-state index contributed by atoms with van der Waals surface area (Å²) in [7, 11) is 0. The number of fused-ring (bicyclic) bond motifs is 1. The first-order valence-corrected chi connectivity index (χ1v) is 9.83. The minimum Gasteiger partial charge on any atom is -0.329 e. The molecule has 2 amide bonds. The lowest BCUT2D eigenvalue weighted by Gasteiger charge is -2.35. The highest BCUT2D eigenvalue weighted by atomic mass is 35.5. The van der Waals surface area contributed by atoms with E-state index in [1.807, 2.05) is 18.2 Å². The van der Waals surface area contributed by atoms with Crippen molar-refractivity contribution in [2.24, 2.45) is 5.41 Å². The highest BCUT2D eigenvalue weighted by Gasteiger charge is 2.46. The van der Waals surface area contributed by atoms with Gasteiger partial charge in [-0.05, 0) is 49.1 Å². The predicted molar refractivity (Wildman–Crippen MR) is 104 cm³/mol. The molecule has 0 spiro atoms. The number of imide groups is 1. The highest BCUT2D eigenvalue weighted by Crippen LogP contribution is 2.41. The molecule has 1 saturated carbocycles. The summed E-state index contributed by atoms with van der Waals surface area (Å²) in [6.45, 7) is 0. The lowest BCUT2D eigenvalue weighted by atomic mass is 9.70. The van der Waals surface area contributed by atoms with Gasteiger partial charge in [0.25, 0.3) is 11.8 Å². The second-order valence-corrected chi connectivity index (χ2v) is 7.91. The number of benzene rings is 2. The fourth-order valence-electron chi connectivity index (χ4n) is 4.15. The topological polar surface area (TPSA) is 63.7 Å². The zero-order chi connectivity index (χ0) is 19.7. The summed E-state index contributed by atoms with van der Waals surface area (Å²) >= 11 is 6.10. The van der Waals surface area contributed by atoms with Crippen LogP contribution in [-0.4, -0.2) is 22.8 Å². The number of nitrogens with zero attached hydrogens (tertiary/aromatic N) is 1. The van der Waals surface area contributed by atoms with E-state index in [4.69, 9.17) is 16.4 Å². The molecule has 0 radical (unpaired) electrons. The summed E-state index contributed by atoms with van der Waals surface area (Å²) in [6, 6.07) is 13.9. The molecular formula is C22H20ClNO4. The van der Waals surface area contributed by atoms with Crippen LogP contribution < -0.4 is 0 Å². The van der Waals surface area contributed by atoms with E-state index >= 15 is 0 Å². The summed E-state index contributed by atoms with van der Waals surface area (Å²) in [4.78, 5) is 43.7. The molecule has 0 N–H and O–H groups in total. The van der Waals surface area contributed by atoms with E-state index in [-0.39, 0.29) is 11.1 Å². The van der Waals surface area contributed by atoms with Crippen LogP contribution in [0.25, 0.3) is 0 Å². The Kier molecular flexibility index (Phi) is 4.94. The van der Waals surface area contributed by atoms with Crippen molar-refractivity contribution in [3.05, 3.63) is 70.2 Å². The second-order valence-electron chi connectivity index (χ2n) is 7.48. The number of rotatable bonds is 4. The predicted octanol–water partition coefficient (Wildman–Crippen LogP) is 4.59. The average molecular weight is 398 g/mol. The number of carbonyl (C=O) groups is 3. The first kappa shape index (κ1) is 18.7. The van der Waals surface area contributed by atoms with Crippen molar-refractivity contribution in [3.63, 3.8) is 0 Å². The molecule has 144 valence electrons. The van der Waals surface area contributed by atoms with E-state index < -0.39 is 23.2 Å². The third kappa shape index (κ3) is 3.31. The van der Waals surface area contributed by atoms with E-state index in [0.29, 0.717) is 29.3 Å². The van der Waals surface area contributed by atoms with Crippen molar-refractivity contribution < 1.29 is 19.2 Å². The molecule has 0 saturated heterocycles. The van der Waals surface area contributed by atoms with Gasteiger partial charge in [-0.25, -0.2) is 4.79 Å². The molecule has 0 aromatic heterocycles. The van der Waals surface area contributed by atoms with Gasteiger partial charge >= 0.3 is 5.97 Å². The van der Waals surface area contributed by atoms with Crippen molar-refractivity contribution in [2.45, 2.75) is 38.5 Å². The number of hydrogen-bond donors (Lipinski definition) is 0. The Hall–Kier alpha value is -2.66. The fourth-order valence-corrected chi connectivity index (χ4v) is 4.36. The molecule has 1 aliphatic carbocycles. The number of hydroxylamine groups is 2.